The molecule has 0 aliphatic heterocycles. The number of aromatic amines is 1. The van der Waals surface area contributed by atoms with Crippen molar-refractivity contribution in [1.82, 2.24) is 9.97 Å². The molecule has 0 aliphatic rings. The molecule has 1 aromatic heterocycles. The molecule has 0 spiro atoms. The fourth-order valence-corrected chi connectivity index (χ4v) is 3.01. The summed E-state index contributed by atoms with van der Waals surface area (Å²) in [5.74, 6) is -1.92. The number of hydrogen-bond donors (Lipinski definition) is 2. The van der Waals surface area contributed by atoms with Gasteiger partial charge < -0.3 is 10.3 Å². The predicted molar refractivity (Wildman–Crippen MR) is 91.3 cm³/mol. The number of H-pyrrole nitrogens is 1. The van der Waals surface area contributed by atoms with Crippen LogP contribution in [0.1, 0.15) is 11.1 Å². The lowest BCUT2D eigenvalue weighted by Gasteiger charge is -2.08. The van der Waals surface area contributed by atoms with Crippen molar-refractivity contribution < 1.29 is 13.6 Å². The summed E-state index contributed by atoms with van der Waals surface area (Å²) in [6.07, 6.45) is 0. The molecule has 0 bridgehead atoms. The Morgan fingerprint density at radius 3 is 2.71 bits per heavy atom. The van der Waals surface area contributed by atoms with Gasteiger partial charge in [-0.05, 0) is 25.5 Å². The molecule has 1 amide bonds. The summed E-state index contributed by atoms with van der Waals surface area (Å²) in [6.45, 7) is 3.92. The molecule has 0 saturated carbocycles. The minimum Gasteiger partial charge on any atom is -0.333 e. The molecule has 2 N–H and O–H groups in total. The fraction of sp³-hybridized carbons (Fsp3) is 0.176. The van der Waals surface area contributed by atoms with Crippen molar-refractivity contribution in [3.63, 3.8) is 0 Å². The second-order valence-electron chi connectivity index (χ2n) is 5.48. The third-order valence-corrected chi connectivity index (χ3v) is 4.37. The Balaban J connectivity index is 1.65. The van der Waals surface area contributed by atoms with Crippen molar-refractivity contribution >= 4 is 34.4 Å². The Bertz CT molecular complexity index is 885. The van der Waals surface area contributed by atoms with Gasteiger partial charge in [-0.15, -0.1) is 0 Å². The SMILES string of the molecule is Cc1ccc(NC(=O)CSc2nc3cc(F)c(F)cc3[nH]2)c(C)c1. The lowest BCUT2D eigenvalue weighted by molar-refractivity contribution is -0.113. The summed E-state index contributed by atoms with van der Waals surface area (Å²) in [5.41, 5.74) is 3.60. The highest BCUT2D eigenvalue weighted by Crippen LogP contribution is 2.22. The second kappa shape index (κ2) is 6.60. The zero-order valence-corrected chi connectivity index (χ0v) is 13.9. The highest BCUT2D eigenvalue weighted by atomic mass is 32.2. The van der Waals surface area contributed by atoms with Gasteiger partial charge in [0.2, 0.25) is 5.91 Å². The van der Waals surface area contributed by atoms with Crippen LogP contribution in [0.3, 0.4) is 0 Å². The maximum absolute atomic E-state index is 13.2. The molecule has 24 heavy (non-hydrogen) atoms. The molecule has 0 fully saturated rings. The van der Waals surface area contributed by atoms with Crippen LogP contribution >= 0.6 is 11.8 Å². The first kappa shape index (κ1) is 16.4. The van der Waals surface area contributed by atoms with Crippen LogP contribution in [0.2, 0.25) is 0 Å². The summed E-state index contributed by atoms with van der Waals surface area (Å²) >= 11 is 1.17. The van der Waals surface area contributed by atoms with E-state index in [4.69, 9.17) is 0 Å². The fourth-order valence-electron chi connectivity index (χ4n) is 2.32. The molecule has 3 rings (SSSR count). The molecular formula is C17H15F2N3OS. The number of halogens is 2. The first-order chi connectivity index (χ1) is 11.4. The van der Waals surface area contributed by atoms with E-state index in [0.29, 0.717) is 16.2 Å². The van der Waals surface area contributed by atoms with Crippen LogP contribution in [-0.2, 0) is 4.79 Å². The molecule has 0 saturated heterocycles. The average Bonchev–Trinajstić information content (AvgIpc) is 2.90. The van der Waals surface area contributed by atoms with Gasteiger partial charge >= 0.3 is 0 Å². The first-order valence-electron chi connectivity index (χ1n) is 7.27. The lowest BCUT2D eigenvalue weighted by atomic mass is 10.1. The van der Waals surface area contributed by atoms with Crippen LogP contribution in [0, 0.1) is 25.5 Å². The normalized spacial score (nSPS) is 11.0. The number of carbonyl (C=O) groups is 1. The molecule has 0 unspecified atom stereocenters. The van der Waals surface area contributed by atoms with Gasteiger partial charge in [-0.3, -0.25) is 4.79 Å². The highest BCUT2D eigenvalue weighted by Gasteiger charge is 2.11. The first-order valence-corrected chi connectivity index (χ1v) is 8.25. The smallest absolute Gasteiger partial charge is 0.234 e. The number of rotatable bonds is 4. The number of fused-ring (bicyclic) bond motifs is 1. The number of thioether (sulfide) groups is 1. The summed E-state index contributed by atoms with van der Waals surface area (Å²) in [5, 5.41) is 3.27. The zero-order chi connectivity index (χ0) is 17.3. The molecule has 7 heteroatoms. The van der Waals surface area contributed by atoms with Gasteiger partial charge in [-0.2, -0.15) is 0 Å². The minimum atomic E-state index is -0.946. The lowest BCUT2D eigenvalue weighted by Crippen LogP contribution is -2.14. The molecule has 4 nitrogen and oxygen atoms in total. The maximum Gasteiger partial charge on any atom is 0.234 e. The summed E-state index contributed by atoms with van der Waals surface area (Å²) < 4.78 is 26.4. The van der Waals surface area contributed by atoms with E-state index < -0.39 is 11.6 Å². The molecule has 0 radical (unpaired) electrons. The van der Waals surface area contributed by atoms with Crippen LogP contribution in [0.25, 0.3) is 11.0 Å². The number of nitrogens with zero attached hydrogens (tertiary/aromatic N) is 1. The number of benzene rings is 2. The molecule has 0 atom stereocenters. The van der Waals surface area contributed by atoms with Gasteiger partial charge in [0.25, 0.3) is 0 Å². The number of imidazole rings is 1. The highest BCUT2D eigenvalue weighted by molar-refractivity contribution is 7.99. The number of aromatic nitrogens is 2. The Morgan fingerprint density at radius 1 is 1.21 bits per heavy atom. The molecule has 3 aromatic rings. The number of aryl methyl sites for hydroxylation is 2. The van der Waals surface area contributed by atoms with Crippen molar-refractivity contribution in [3.05, 3.63) is 53.1 Å². The van der Waals surface area contributed by atoms with Gasteiger partial charge in [0.15, 0.2) is 16.8 Å². The van der Waals surface area contributed by atoms with Gasteiger partial charge in [0.05, 0.1) is 16.8 Å². The molecular weight excluding hydrogens is 332 g/mol. The largest absolute Gasteiger partial charge is 0.333 e. The van der Waals surface area contributed by atoms with Gasteiger partial charge in [0, 0.05) is 17.8 Å². The third-order valence-electron chi connectivity index (χ3n) is 3.50. The molecule has 0 aliphatic carbocycles. The van der Waals surface area contributed by atoms with Crippen LogP contribution in [0.15, 0.2) is 35.5 Å². The van der Waals surface area contributed by atoms with Crippen LogP contribution in [0.4, 0.5) is 14.5 Å². The van der Waals surface area contributed by atoms with Crippen molar-refractivity contribution in [3.8, 4) is 0 Å². The number of anilines is 1. The van der Waals surface area contributed by atoms with E-state index in [2.05, 4.69) is 15.3 Å². The predicted octanol–water partition coefficient (Wildman–Crippen LogP) is 4.19. The monoisotopic (exact) mass is 347 g/mol. The van der Waals surface area contributed by atoms with Crippen molar-refractivity contribution in [2.45, 2.75) is 19.0 Å². The zero-order valence-electron chi connectivity index (χ0n) is 13.1. The van der Waals surface area contributed by atoms with E-state index >= 15 is 0 Å². The number of amides is 1. The Morgan fingerprint density at radius 2 is 1.96 bits per heavy atom. The van der Waals surface area contributed by atoms with E-state index in [9.17, 15) is 13.6 Å². The van der Waals surface area contributed by atoms with E-state index in [-0.39, 0.29) is 11.7 Å². The topological polar surface area (TPSA) is 57.8 Å². The number of hydrogen-bond acceptors (Lipinski definition) is 3. The second-order valence-corrected chi connectivity index (χ2v) is 6.44. The Labute approximate surface area is 141 Å². The van der Waals surface area contributed by atoms with E-state index in [1.165, 1.54) is 11.8 Å². The number of carbonyl (C=O) groups excluding carboxylic acids is 1. The summed E-state index contributed by atoms with van der Waals surface area (Å²) in [4.78, 5) is 19.1. The maximum atomic E-state index is 13.2. The van der Waals surface area contributed by atoms with Crippen LogP contribution in [-0.4, -0.2) is 21.6 Å². The third kappa shape index (κ3) is 3.56. The molecule has 124 valence electrons. The van der Waals surface area contributed by atoms with Gasteiger partial charge in [0.1, 0.15) is 0 Å². The van der Waals surface area contributed by atoms with Gasteiger partial charge in [-0.25, -0.2) is 13.8 Å². The van der Waals surface area contributed by atoms with Crippen LogP contribution in [0.5, 0.6) is 0 Å². The summed E-state index contributed by atoms with van der Waals surface area (Å²) in [6, 6.07) is 7.86. The van der Waals surface area contributed by atoms with E-state index in [1.54, 1.807) is 0 Å². The standard InChI is InChI=1S/C17H15F2N3OS/c1-9-3-4-13(10(2)5-9)20-16(23)8-24-17-21-14-6-11(18)12(19)7-15(14)22-17/h3-7H,8H2,1-2H3,(H,20,23)(H,21,22). The van der Waals surface area contributed by atoms with Crippen molar-refractivity contribution in [2.24, 2.45) is 0 Å². The minimum absolute atomic E-state index is 0.137. The van der Waals surface area contributed by atoms with E-state index in [1.807, 2.05) is 32.0 Å². The number of nitrogens with one attached hydrogen (secondary N) is 2. The average molecular weight is 347 g/mol. The Hall–Kier alpha value is -2.41. The summed E-state index contributed by atoms with van der Waals surface area (Å²) in [7, 11) is 0. The molecule has 1 heterocycles. The molecule has 2 aromatic carbocycles. The van der Waals surface area contributed by atoms with Crippen LogP contribution < -0.4 is 5.32 Å². The quantitative estimate of drug-likeness (QED) is 0.696. The van der Waals surface area contributed by atoms with Crippen molar-refractivity contribution in [1.29, 1.82) is 0 Å². The van der Waals surface area contributed by atoms with Crippen molar-refractivity contribution in [2.75, 3.05) is 11.1 Å². The van der Waals surface area contributed by atoms with E-state index in [0.717, 1.165) is 28.9 Å². The van der Waals surface area contributed by atoms with Gasteiger partial charge in [-0.1, -0.05) is 29.5 Å². The Kier molecular flexibility index (Phi) is 4.53.